The molecule has 1 aliphatic carbocycles. The molecule has 1 saturated carbocycles. The molecule has 0 aliphatic heterocycles. The van der Waals surface area contributed by atoms with Gasteiger partial charge in [-0.25, -0.2) is 12.8 Å². The van der Waals surface area contributed by atoms with Crippen molar-refractivity contribution in [3.05, 3.63) is 66.0 Å². The highest BCUT2D eigenvalue weighted by Crippen LogP contribution is 2.64. The Morgan fingerprint density at radius 1 is 1.12 bits per heavy atom. The van der Waals surface area contributed by atoms with Crippen molar-refractivity contribution in [3.63, 3.8) is 0 Å². The van der Waals surface area contributed by atoms with Crippen LogP contribution in [0.2, 0.25) is 0 Å². The lowest BCUT2D eigenvalue weighted by Gasteiger charge is -2.09. The number of halogens is 1. The van der Waals surface area contributed by atoms with Crippen molar-refractivity contribution < 1.29 is 27.8 Å². The zero-order valence-corrected chi connectivity index (χ0v) is 13.3. The lowest BCUT2D eigenvalue weighted by molar-refractivity contribution is -0.145. The van der Waals surface area contributed by atoms with Crippen molar-refractivity contribution in [3.8, 4) is 0 Å². The standard InChI is InChI=1S/C17H15FO5S/c18-12-6-4-5-11(9-12)14-15(17(14,10-19)16(20)21)24(22,23)13-7-2-1-3-8-13/h1-9,14-15,19H,10H2,(H,20,21)/t14-,15-,17+/m0/s1. The zero-order chi connectivity index (χ0) is 17.5. The number of carboxylic acid groups (broad SMARTS) is 1. The molecule has 0 unspecified atom stereocenters. The fraction of sp³-hybridized carbons (Fsp3) is 0.235. The van der Waals surface area contributed by atoms with E-state index in [1.807, 2.05) is 0 Å². The first kappa shape index (κ1) is 16.6. The summed E-state index contributed by atoms with van der Waals surface area (Å²) in [6.45, 7) is -0.847. The maximum atomic E-state index is 13.5. The summed E-state index contributed by atoms with van der Waals surface area (Å²) in [6.07, 6.45) is 0. The molecule has 3 atom stereocenters. The monoisotopic (exact) mass is 350 g/mol. The minimum absolute atomic E-state index is 0.0204. The van der Waals surface area contributed by atoms with Crippen LogP contribution < -0.4 is 0 Å². The topological polar surface area (TPSA) is 91.7 Å². The summed E-state index contributed by atoms with van der Waals surface area (Å²) in [5, 5.41) is 17.9. The quantitative estimate of drug-likeness (QED) is 0.858. The summed E-state index contributed by atoms with van der Waals surface area (Å²) < 4.78 is 39.2. The Hall–Kier alpha value is -2.25. The third kappa shape index (κ3) is 2.32. The fourth-order valence-corrected chi connectivity index (χ4v) is 5.69. The molecular formula is C17H15FO5S. The number of hydrogen-bond acceptors (Lipinski definition) is 4. The SMILES string of the molecule is O=C(O)[C@]1(CO)[C@@H](c2cccc(F)c2)[C@@H]1S(=O)(=O)c1ccccc1. The van der Waals surface area contributed by atoms with Crippen molar-refractivity contribution in [1.82, 2.24) is 0 Å². The molecule has 0 spiro atoms. The Kier molecular flexibility index (Phi) is 3.93. The number of benzene rings is 2. The maximum absolute atomic E-state index is 13.5. The lowest BCUT2D eigenvalue weighted by atomic mass is 10.00. The number of hydrogen-bond donors (Lipinski definition) is 2. The molecule has 2 N–H and O–H groups in total. The van der Waals surface area contributed by atoms with Crippen LogP contribution in [0.15, 0.2) is 59.5 Å². The van der Waals surface area contributed by atoms with E-state index in [9.17, 15) is 27.8 Å². The normalized spacial score (nSPS) is 26.1. The van der Waals surface area contributed by atoms with Gasteiger partial charge in [0.1, 0.15) is 11.2 Å². The molecule has 5 nitrogen and oxygen atoms in total. The van der Waals surface area contributed by atoms with Gasteiger partial charge in [0, 0.05) is 5.92 Å². The highest BCUT2D eigenvalue weighted by molar-refractivity contribution is 7.92. The van der Waals surface area contributed by atoms with Crippen LogP contribution in [0.3, 0.4) is 0 Å². The first-order valence-corrected chi connectivity index (χ1v) is 8.79. The molecule has 24 heavy (non-hydrogen) atoms. The molecule has 0 bridgehead atoms. The van der Waals surface area contributed by atoms with Crippen molar-refractivity contribution in [2.24, 2.45) is 5.41 Å². The Balaban J connectivity index is 2.13. The number of aliphatic hydroxyl groups is 1. The number of carboxylic acids is 1. The molecule has 2 aromatic carbocycles. The summed E-state index contributed by atoms with van der Waals surface area (Å²) in [5.41, 5.74) is -1.63. The van der Waals surface area contributed by atoms with Crippen LogP contribution in [0.1, 0.15) is 11.5 Å². The van der Waals surface area contributed by atoms with Crippen molar-refractivity contribution in [1.29, 1.82) is 0 Å². The van der Waals surface area contributed by atoms with Crippen LogP contribution in [0, 0.1) is 11.2 Å². The second-order valence-corrected chi connectivity index (χ2v) is 7.88. The summed E-state index contributed by atoms with van der Waals surface area (Å²) in [4.78, 5) is 11.7. The van der Waals surface area contributed by atoms with E-state index in [1.54, 1.807) is 6.07 Å². The van der Waals surface area contributed by atoms with Gasteiger partial charge in [-0.3, -0.25) is 4.79 Å². The summed E-state index contributed by atoms with van der Waals surface area (Å²) in [5.74, 6) is -3.02. The Morgan fingerprint density at radius 2 is 1.79 bits per heavy atom. The van der Waals surface area contributed by atoms with Crippen LogP contribution in [-0.2, 0) is 14.6 Å². The lowest BCUT2D eigenvalue weighted by Crippen LogP contribution is -2.27. The van der Waals surface area contributed by atoms with E-state index in [0.717, 1.165) is 6.07 Å². The van der Waals surface area contributed by atoms with E-state index in [0.29, 0.717) is 0 Å². The van der Waals surface area contributed by atoms with Crippen LogP contribution in [-0.4, -0.2) is 36.5 Å². The van der Waals surface area contributed by atoms with Gasteiger partial charge < -0.3 is 10.2 Å². The molecular weight excluding hydrogens is 335 g/mol. The average molecular weight is 350 g/mol. The van der Waals surface area contributed by atoms with Crippen LogP contribution in [0.4, 0.5) is 4.39 Å². The van der Waals surface area contributed by atoms with E-state index in [1.165, 1.54) is 42.5 Å². The van der Waals surface area contributed by atoms with Crippen molar-refractivity contribution in [2.45, 2.75) is 16.1 Å². The molecule has 7 heteroatoms. The van der Waals surface area contributed by atoms with Gasteiger partial charge in [0.15, 0.2) is 9.84 Å². The maximum Gasteiger partial charge on any atom is 0.314 e. The van der Waals surface area contributed by atoms with E-state index in [4.69, 9.17) is 0 Å². The average Bonchev–Trinajstić information content (AvgIpc) is 3.27. The van der Waals surface area contributed by atoms with Crippen molar-refractivity contribution in [2.75, 3.05) is 6.61 Å². The second-order valence-electron chi connectivity index (χ2n) is 5.81. The van der Waals surface area contributed by atoms with Gasteiger partial charge >= 0.3 is 5.97 Å². The molecule has 126 valence electrons. The molecule has 0 amide bonds. The van der Waals surface area contributed by atoms with Gasteiger partial charge in [-0.15, -0.1) is 0 Å². The Labute approximate surface area is 138 Å². The minimum atomic E-state index is -4.00. The third-order valence-electron chi connectivity index (χ3n) is 4.53. The van der Waals surface area contributed by atoms with Crippen LogP contribution >= 0.6 is 0 Å². The predicted octanol–water partition coefficient (Wildman–Crippen LogP) is 1.83. The van der Waals surface area contributed by atoms with E-state index in [2.05, 4.69) is 0 Å². The fourth-order valence-electron chi connectivity index (χ4n) is 3.30. The molecule has 0 radical (unpaired) electrons. The predicted molar refractivity (Wildman–Crippen MR) is 83.7 cm³/mol. The number of rotatable bonds is 5. The smallest absolute Gasteiger partial charge is 0.314 e. The first-order valence-electron chi connectivity index (χ1n) is 7.24. The summed E-state index contributed by atoms with van der Waals surface area (Å²) >= 11 is 0. The molecule has 0 aromatic heterocycles. The molecule has 0 heterocycles. The number of aliphatic carboxylic acids is 1. The zero-order valence-electron chi connectivity index (χ0n) is 12.5. The molecule has 0 saturated heterocycles. The van der Waals surface area contributed by atoms with Gasteiger partial charge in [-0.2, -0.15) is 0 Å². The van der Waals surface area contributed by atoms with E-state index >= 15 is 0 Å². The number of carbonyl (C=O) groups is 1. The highest BCUT2D eigenvalue weighted by atomic mass is 32.2. The van der Waals surface area contributed by atoms with Crippen LogP contribution in [0.25, 0.3) is 0 Å². The highest BCUT2D eigenvalue weighted by Gasteiger charge is 2.75. The van der Waals surface area contributed by atoms with Crippen molar-refractivity contribution >= 4 is 15.8 Å². The third-order valence-corrected chi connectivity index (χ3v) is 6.82. The Bertz CT molecular complexity index is 881. The summed E-state index contributed by atoms with van der Waals surface area (Å²) in [6, 6.07) is 12.6. The molecule has 3 rings (SSSR count). The second kappa shape index (κ2) is 5.68. The molecule has 1 aliphatic rings. The number of sulfone groups is 1. The minimum Gasteiger partial charge on any atom is -0.481 e. The molecule has 2 aromatic rings. The molecule has 1 fully saturated rings. The van der Waals surface area contributed by atoms with E-state index < -0.39 is 44.8 Å². The van der Waals surface area contributed by atoms with Crippen LogP contribution in [0.5, 0.6) is 0 Å². The first-order chi connectivity index (χ1) is 11.4. The summed E-state index contributed by atoms with van der Waals surface area (Å²) in [7, 11) is -4.00. The van der Waals surface area contributed by atoms with Gasteiger partial charge in [0.2, 0.25) is 0 Å². The Morgan fingerprint density at radius 3 is 2.33 bits per heavy atom. The number of aliphatic hydroxyl groups excluding tert-OH is 1. The van der Waals surface area contributed by atoms with Gasteiger partial charge in [-0.05, 0) is 29.8 Å². The van der Waals surface area contributed by atoms with Gasteiger partial charge in [0.25, 0.3) is 0 Å². The largest absolute Gasteiger partial charge is 0.481 e. The van der Waals surface area contributed by atoms with Gasteiger partial charge in [-0.1, -0.05) is 30.3 Å². The van der Waals surface area contributed by atoms with Gasteiger partial charge in [0.05, 0.1) is 16.8 Å². The van der Waals surface area contributed by atoms with E-state index in [-0.39, 0.29) is 10.5 Å².